The van der Waals surface area contributed by atoms with Crippen molar-refractivity contribution in [1.29, 1.82) is 0 Å². The largest absolute Gasteiger partial charge is 0.394 e. The highest BCUT2D eigenvalue weighted by molar-refractivity contribution is 5.37. The summed E-state index contributed by atoms with van der Waals surface area (Å²) >= 11 is 0. The van der Waals surface area contributed by atoms with Crippen LogP contribution in [0, 0.1) is 0 Å². The Labute approximate surface area is 96.9 Å². The summed E-state index contributed by atoms with van der Waals surface area (Å²) in [5.74, 6) is 0.1000. The first-order chi connectivity index (χ1) is 8.02. The molecule has 1 aromatic heterocycles. The highest BCUT2D eigenvalue weighted by atomic mass is 16.6. The molecule has 7 N–H and O–H groups in total. The Morgan fingerprint density at radius 1 is 1.24 bits per heavy atom. The number of ether oxygens (including phenoxy) is 1. The number of hydrogen-bond acceptors (Lipinski definition) is 8. The van der Waals surface area contributed by atoms with Crippen LogP contribution in [0.15, 0.2) is 6.07 Å². The van der Waals surface area contributed by atoms with Crippen molar-refractivity contribution in [2.45, 2.75) is 24.4 Å². The lowest BCUT2D eigenvalue weighted by Crippen LogP contribution is -2.32. The number of aromatic nitrogens is 2. The second-order valence-electron chi connectivity index (χ2n) is 3.83. The van der Waals surface area contributed by atoms with Gasteiger partial charge in [-0.15, -0.1) is 0 Å². The predicted octanol–water partition coefficient (Wildman–Crippen LogP) is -2.20. The highest BCUT2D eigenvalue weighted by Gasteiger charge is 2.43. The molecule has 94 valence electrons. The average Bonchev–Trinajstić information content (AvgIpc) is 2.54. The summed E-state index contributed by atoms with van der Waals surface area (Å²) in [5, 5.41) is 28.3. The lowest BCUT2D eigenvalue weighted by atomic mass is 10.1. The van der Waals surface area contributed by atoms with E-state index in [0.717, 1.165) is 0 Å². The van der Waals surface area contributed by atoms with Crippen LogP contribution in [0.25, 0.3) is 0 Å². The molecule has 8 nitrogen and oxygen atoms in total. The van der Waals surface area contributed by atoms with Crippen molar-refractivity contribution < 1.29 is 20.1 Å². The predicted molar refractivity (Wildman–Crippen MR) is 57.6 cm³/mol. The van der Waals surface area contributed by atoms with E-state index in [2.05, 4.69) is 9.97 Å². The summed E-state index contributed by atoms with van der Waals surface area (Å²) in [7, 11) is 0. The molecular formula is C9H14N4O4. The van der Waals surface area contributed by atoms with Crippen LogP contribution in [-0.2, 0) is 4.74 Å². The van der Waals surface area contributed by atoms with Gasteiger partial charge in [-0.3, -0.25) is 0 Å². The number of nitrogen functional groups attached to an aromatic ring is 2. The standard InChI is InChI=1S/C9H14N4O4/c10-5-1-3(12-9(11)13-5)8-7(16)6(15)4(2-14)17-8/h1,4,6-8,14-16H,2H2,(H4,10,11,12,13)/t4-,6-,7-,8?/m1/s1. The maximum atomic E-state index is 9.77. The topological polar surface area (TPSA) is 148 Å². The summed E-state index contributed by atoms with van der Waals surface area (Å²) in [6, 6.07) is 1.40. The lowest BCUT2D eigenvalue weighted by Gasteiger charge is -2.14. The van der Waals surface area contributed by atoms with E-state index >= 15 is 0 Å². The van der Waals surface area contributed by atoms with Gasteiger partial charge in [0, 0.05) is 6.07 Å². The fourth-order valence-electron chi connectivity index (χ4n) is 1.80. The molecule has 1 unspecified atom stereocenters. The third kappa shape index (κ3) is 2.15. The molecular weight excluding hydrogens is 228 g/mol. The molecule has 1 fully saturated rings. The van der Waals surface area contributed by atoms with Gasteiger partial charge >= 0.3 is 0 Å². The fourth-order valence-corrected chi connectivity index (χ4v) is 1.80. The Morgan fingerprint density at radius 2 is 1.94 bits per heavy atom. The van der Waals surface area contributed by atoms with Gasteiger partial charge in [0.05, 0.1) is 12.3 Å². The Balaban J connectivity index is 2.28. The first-order valence-corrected chi connectivity index (χ1v) is 5.05. The minimum absolute atomic E-state index is 0.0438. The van der Waals surface area contributed by atoms with Gasteiger partial charge in [0.15, 0.2) is 0 Å². The number of nitrogens with two attached hydrogens (primary N) is 2. The molecule has 0 saturated carbocycles. The molecule has 0 aliphatic carbocycles. The minimum atomic E-state index is -1.19. The Bertz CT molecular complexity index is 396. The quantitative estimate of drug-likeness (QED) is 0.392. The Morgan fingerprint density at radius 3 is 2.47 bits per heavy atom. The third-order valence-corrected chi connectivity index (χ3v) is 2.62. The number of anilines is 2. The first kappa shape index (κ1) is 12.0. The van der Waals surface area contributed by atoms with Crippen molar-refractivity contribution in [1.82, 2.24) is 9.97 Å². The molecule has 0 amide bonds. The maximum absolute atomic E-state index is 9.77. The number of hydrogen-bond donors (Lipinski definition) is 5. The van der Waals surface area contributed by atoms with Crippen LogP contribution in [0.1, 0.15) is 11.8 Å². The van der Waals surface area contributed by atoms with Gasteiger partial charge in [0.1, 0.15) is 30.2 Å². The SMILES string of the molecule is Nc1cc(C2O[C@H](CO)[C@@H](O)[C@H]2O)nc(N)n1. The molecule has 8 heteroatoms. The Hall–Kier alpha value is -1.48. The zero-order valence-electron chi connectivity index (χ0n) is 8.89. The van der Waals surface area contributed by atoms with Crippen molar-refractivity contribution in [3.8, 4) is 0 Å². The maximum Gasteiger partial charge on any atom is 0.222 e. The highest BCUT2D eigenvalue weighted by Crippen LogP contribution is 2.33. The van der Waals surface area contributed by atoms with Gasteiger partial charge in [0.2, 0.25) is 5.95 Å². The van der Waals surface area contributed by atoms with Crippen LogP contribution >= 0.6 is 0 Å². The smallest absolute Gasteiger partial charge is 0.222 e. The fraction of sp³-hybridized carbons (Fsp3) is 0.556. The van der Waals surface area contributed by atoms with Gasteiger partial charge in [0.25, 0.3) is 0 Å². The molecule has 0 bridgehead atoms. The van der Waals surface area contributed by atoms with E-state index in [4.69, 9.17) is 21.3 Å². The van der Waals surface area contributed by atoms with Crippen LogP contribution in [0.4, 0.5) is 11.8 Å². The van der Waals surface area contributed by atoms with Crippen LogP contribution in [0.2, 0.25) is 0 Å². The molecule has 1 saturated heterocycles. The summed E-state index contributed by atoms with van der Waals surface area (Å²) in [4.78, 5) is 7.56. The molecule has 1 aliphatic rings. The minimum Gasteiger partial charge on any atom is -0.394 e. The molecule has 0 spiro atoms. The molecule has 1 aliphatic heterocycles. The summed E-state index contributed by atoms with van der Waals surface area (Å²) < 4.78 is 5.28. The van der Waals surface area contributed by atoms with E-state index in [-0.39, 0.29) is 17.5 Å². The summed E-state index contributed by atoms with van der Waals surface area (Å²) in [5.41, 5.74) is 11.2. The zero-order valence-corrected chi connectivity index (χ0v) is 8.89. The lowest BCUT2D eigenvalue weighted by molar-refractivity contribution is -0.0239. The number of aliphatic hydroxyl groups excluding tert-OH is 3. The molecule has 2 rings (SSSR count). The number of aliphatic hydroxyl groups is 3. The Kier molecular flexibility index (Phi) is 3.11. The third-order valence-electron chi connectivity index (χ3n) is 2.62. The molecule has 0 aromatic carbocycles. The van der Waals surface area contributed by atoms with Crippen molar-refractivity contribution in [2.24, 2.45) is 0 Å². The summed E-state index contributed by atoms with van der Waals surface area (Å²) in [6.07, 6.45) is -4.11. The average molecular weight is 242 g/mol. The van der Waals surface area contributed by atoms with Crippen molar-refractivity contribution in [2.75, 3.05) is 18.1 Å². The van der Waals surface area contributed by atoms with Gasteiger partial charge < -0.3 is 31.5 Å². The van der Waals surface area contributed by atoms with E-state index in [1.54, 1.807) is 0 Å². The molecule has 0 radical (unpaired) electrons. The number of rotatable bonds is 2. The van der Waals surface area contributed by atoms with Crippen molar-refractivity contribution in [3.05, 3.63) is 11.8 Å². The van der Waals surface area contributed by atoms with Gasteiger partial charge in [-0.05, 0) is 0 Å². The van der Waals surface area contributed by atoms with E-state index in [9.17, 15) is 10.2 Å². The molecule has 4 atom stereocenters. The van der Waals surface area contributed by atoms with Gasteiger partial charge in [-0.25, -0.2) is 4.98 Å². The van der Waals surface area contributed by atoms with Crippen LogP contribution in [0.3, 0.4) is 0 Å². The van der Waals surface area contributed by atoms with Crippen LogP contribution in [-0.4, -0.2) is 50.2 Å². The first-order valence-electron chi connectivity index (χ1n) is 5.05. The van der Waals surface area contributed by atoms with Gasteiger partial charge in [-0.2, -0.15) is 4.98 Å². The summed E-state index contributed by atoms with van der Waals surface area (Å²) in [6.45, 7) is -0.398. The monoisotopic (exact) mass is 242 g/mol. The van der Waals surface area contributed by atoms with Crippen molar-refractivity contribution >= 4 is 11.8 Å². The van der Waals surface area contributed by atoms with Crippen LogP contribution in [0.5, 0.6) is 0 Å². The number of nitrogens with zero attached hydrogens (tertiary/aromatic N) is 2. The second-order valence-corrected chi connectivity index (χ2v) is 3.83. The molecule has 1 aromatic rings. The van der Waals surface area contributed by atoms with E-state index in [1.807, 2.05) is 0 Å². The molecule has 2 heterocycles. The zero-order chi connectivity index (χ0) is 12.6. The van der Waals surface area contributed by atoms with Crippen LogP contribution < -0.4 is 11.5 Å². The van der Waals surface area contributed by atoms with Gasteiger partial charge in [-0.1, -0.05) is 0 Å². The van der Waals surface area contributed by atoms with E-state index in [1.165, 1.54) is 6.07 Å². The molecule has 17 heavy (non-hydrogen) atoms. The van der Waals surface area contributed by atoms with E-state index < -0.39 is 31.0 Å². The van der Waals surface area contributed by atoms with Crippen molar-refractivity contribution in [3.63, 3.8) is 0 Å². The second kappa shape index (κ2) is 4.41. The van der Waals surface area contributed by atoms with E-state index in [0.29, 0.717) is 0 Å². The normalized spacial score (nSPS) is 32.9.